The van der Waals surface area contributed by atoms with Crippen molar-refractivity contribution >= 4 is 17.2 Å². The normalized spacial score (nSPS) is 12.2. The highest BCUT2D eigenvalue weighted by molar-refractivity contribution is 7.10. The van der Waals surface area contributed by atoms with Crippen molar-refractivity contribution in [2.24, 2.45) is 5.73 Å². The number of benzene rings is 1. The van der Waals surface area contributed by atoms with Crippen LogP contribution in [-0.4, -0.2) is 24.2 Å². The van der Waals surface area contributed by atoms with Crippen molar-refractivity contribution in [3.63, 3.8) is 0 Å². The summed E-state index contributed by atoms with van der Waals surface area (Å²) in [5.41, 5.74) is 7.03. The summed E-state index contributed by atoms with van der Waals surface area (Å²) in [6.07, 6.45) is 0.730. The van der Waals surface area contributed by atoms with Crippen LogP contribution >= 0.6 is 11.3 Å². The minimum Gasteiger partial charge on any atom is -0.396 e. The Kier molecular flexibility index (Phi) is 5.92. The van der Waals surface area contributed by atoms with Gasteiger partial charge in [-0.3, -0.25) is 4.79 Å². The van der Waals surface area contributed by atoms with E-state index in [9.17, 15) is 9.90 Å². The molecule has 4 N–H and O–H groups in total. The first-order chi connectivity index (χ1) is 10.2. The van der Waals surface area contributed by atoms with Gasteiger partial charge in [-0.25, -0.2) is 0 Å². The van der Waals surface area contributed by atoms with Crippen molar-refractivity contribution in [3.05, 3.63) is 57.8 Å². The third kappa shape index (κ3) is 4.67. The molecule has 2 rings (SSSR count). The van der Waals surface area contributed by atoms with E-state index in [-0.39, 0.29) is 18.4 Å². The molecule has 0 radical (unpaired) electrons. The minimum atomic E-state index is -0.389. The lowest BCUT2D eigenvalue weighted by Gasteiger charge is -2.16. The number of hydrogen-bond acceptors (Lipinski definition) is 4. The summed E-state index contributed by atoms with van der Waals surface area (Å²) in [7, 11) is 0. The molecule has 112 valence electrons. The first-order valence-corrected chi connectivity index (χ1v) is 7.82. The van der Waals surface area contributed by atoms with Crippen molar-refractivity contribution in [2.75, 3.05) is 13.2 Å². The number of rotatable bonds is 8. The maximum Gasteiger partial charge on any atom is 0.249 e. The Hall–Kier alpha value is -1.69. The van der Waals surface area contributed by atoms with Crippen molar-refractivity contribution in [2.45, 2.75) is 18.9 Å². The van der Waals surface area contributed by atoms with E-state index >= 15 is 0 Å². The smallest absolute Gasteiger partial charge is 0.249 e. The summed E-state index contributed by atoms with van der Waals surface area (Å²) in [6.45, 7) is 1.66. The molecule has 21 heavy (non-hydrogen) atoms. The maximum atomic E-state index is 11.0. The average Bonchev–Trinajstić information content (AvgIpc) is 2.96. The van der Waals surface area contributed by atoms with E-state index in [1.165, 1.54) is 16.9 Å². The molecule has 0 spiro atoms. The largest absolute Gasteiger partial charge is 0.396 e. The van der Waals surface area contributed by atoms with Gasteiger partial charge in [0.2, 0.25) is 5.91 Å². The summed E-state index contributed by atoms with van der Waals surface area (Å²) in [6, 6.07) is 12.0. The van der Waals surface area contributed by atoms with Gasteiger partial charge in [0.15, 0.2) is 0 Å². The van der Waals surface area contributed by atoms with Gasteiger partial charge in [0.1, 0.15) is 0 Å². The number of amides is 1. The SMILES string of the molecule is NC(=O)c1csc(CNCC(CCO)c2ccccc2)c1. The third-order valence-electron chi connectivity index (χ3n) is 3.38. The van der Waals surface area contributed by atoms with Gasteiger partial charge >= 0.3 is 0 Å². The molecule has 5 heteroatoms. The number of carbonyl (C=O) groups is 1. The van der Waals surface area contributed by atoms with Crippen LogP contribution in [-0.2, 0) is 6.54 Å². The molecule has 2 aromatic rings. The van der Waals surface area contributed by atoms with Gasteiger partial charge < -0.3 is 16.2 Å². The molecule has 1 aromatic carbocycles. The van der Waals surface area contributed by atoms with Gasteiger partial charge in [-0.05, 0) is 24.0 Å². The quantitative estimate of drug-likeness (QED) is 0.699. The zero-order valence-corrected chi connectivity index (χ0v) is 12.6. The van der Waals surface area contributed by atoms with Crippen LogP contribution in [0, 0.1) is 0 Å². The second kappa shape index (κ2) is 7.93. The number of carbonyl (C=O) groups excluding carboxylic acids is 1. The van der Waals surface area contributed by atoms with E-state index < -0.39 is 0 Å². The van der Waals surface area contributed by atoms with Crippen LogP contribution in [0.15, 0.2) is 41.8 Å². The molecule has 1 atom stereocenters. The van der Waals surface area contributed by atoms with E-state index in [0.717, 1.165) is 17.8 Å². The first kappa shape index (κ1) is 15.7. The Morgan fingerprint density at radius 1 is 1.33 bits per heavy atom. The highest BCUT2D eigenvalue weighted by atomic mass is 32.1. The number of nitrogens with one attached hydrogen (secondary N) is 1. The lowest BCUT2D eigenvalue weighted by Crippen LogP contribution is -2.21. The van der Waals surface area contributed by atoms with Gasteiger partial charge in [-0.2, -0.15) is 0 Å². The number of thiophene rings is 1. The molecule has 1 aromatic heterocycles. The van der Waals surface area contributed by atoms with Crippen LogP contribution in [0.25, 0.3) is 0 Å². The summed E-state index contributed by atoms with van der Waals surface area (Å²) >= 11 is 1.53. The second-order valence-corrected chi connectivity index (χ2v) is 5.91. The van der Waals surface area contributed by atoms with Crippen LogP contribution in [0.1, 0.15) is 33.1 Å². The fourth-order valence-electron chi connectivity index (χ4n) is 2.24. The van der Waals surface area contributed by atoms with E-state index in [0.29, 0.717) is 12.1 Å². The predicted molar refractivity (Wildman–Crippen MR) is 85.4 cm³/mol. The molecule has 0 aliphatic rings. The fourth-order valence-corrected chi connectivity index (χ4v) is 3.08. The maximum absolute atomic E-state index is 11.0. The van der Waals surface area contributed by atoms with Gasteiger partial charge in [-0.15, -0.1) is 11.3 Å². The lowest BCUT2D eigenvalue weighted by molar-refractivity contribution is 0.100. The molecule has 1 unspecified atom stereocenters. The van der Waals surface area contributed by atoms with E-state index in [2.05, 4.69) is 17.4 Å². The average molecular weight is 304 g/mol. The van der Waals surface area contributed by atoms with Crippen LogP contribution in [0.3, 0.4) is 0 Å². The van der Waals surface area contributed by atoms with E-state index in [1.54, 1.807) is 5.38 Å². The molecule has 0 aliphatic heterocycles. The van der Waals surface area contributed by atoms with Crippen LogP contribution in [0.2, 0.25) is 0 Å². The van der Waals surface area contributed by atoms with Crippen molar-refractivity contribution in [1.29, 1.82) is 0 Å². The summed E-state index contributed by atoms with van der Waals surface area (Å²) in [5.74, 6) is -0.105. The zero-order valence-electron chi connectivity index (χ0n) is 11.8. The van der Waals surface area contributed by atoms with Crippen molar-refractivity contribution < 1.29 is 9.90 Å². The summed E-state index contributed by atoms with van der Waals surface area (Å²) < 4.78 is 0. The predicted octanol–water partition coefficient (Wildman–Crippen LogP) is 2.10. The molecular weight excluding hydrogens is 284 g/mol. The monoisotopic (exact) mass is 304 g/mol. The Morgan fingerprint density at radius 2 is 2.10 bits per heavy atom. The van der Waals surface area contributed by atoms with Crippen LogP contribution in [0.4, 0.5) is 0 Å². The van der Waals surface area contributed by atoms with Gasteiger partial charge in [-0.1, -0.05) is 30.3 Å². The van der Waals surface area contributed by atoms with E-state index in [4.69, 9.17) is 5.73 Å². The number of aliphatic hydroxyl groups is 1. The van der Waals surface area contributed by atoms with Gasteiger partial charge in [0.25, 0.3) is 0 Å². The zero-order chi connectivity index (χ0) is 15.1. The summed E-state index contributed by atoms with van der Waals surface area (Å²) in [4.78, 5) is 12.1. The number of nitrogens with two attached hydrogens (primary N) is 1. The Balaban J connectivity index is 1.88. The Labute approximate surface area is 128 Å². The molecule has 1 heterocycles. The second-order valence-electron chi connectivity index (χ2n) is 4.92. The molecule has 0 saturated heterocycles. The van der Waals surface area contributed by atoms with E-state index in [1.807, 2.05) is 24.3 Å². The van der Waals surface area contributed by atoms with Crippen molar-refractivity contribution in [1.82, 2.24) is 5.32 Å². The standard InChI is InChI=1S/C16H20N2O2S/c17-16(20)14-8-15(21-11-14)10-18-9-13(6-7-19)12-4-2-1-3-5-12/h1-5,8,11,13,18-19H,6-7,9-10H2,(H2,17,20). The van der Waals surface area contributed by atoms with Crippen LogP contribution in [0.5, 0.6) is 0 Å². The molecule has 1 amide bonds. The number of aliphatic hydroxyl groups excluding tert-OH is 1. The van der Waals surface area contributed by atoms with Crippen LogP contribution < -0.4 is 11.1 Å². The number of hydrogen-bond donors (Lipinski definition) is 3. The molecule has 0 aliphatic carbocycles. The molecule has 0 saturated carbocycles. The van der Waals surface area contributed by atoms with Gasteiger partial charge in [0, 0.05) is 30.0 Å². The van der Waals surface area contributed by atoms with Crippen molar-refractivity contribution in [3.8, 4) is 0 Å². The molecule has 0 fully saturated rings. The van der Waals surface area contributed by atoms with Gasteiger partial charge in [0.05, 0.1) is 5.56 Å². The molecular formula is C16H20N2O2S. The Morgan fingerprint density at radius 3 is 2.71 bits per heavy atom. The topological polar surface area (TPSA) is 75.4 Å². The highest BCUT2D eigenvalue weighted by Gasteiger charge is 2.11. The first-order valence-electron chi connectivity index (χ1n) is 6.94. The lowest BCUT2D eigenvalue weighted by atomic mass is 9.96. The number of primary amides is 1. The third-order valence-corrected chi connectivity index (χ3v) is 4.31. The Bertz CT molecular complexity index is 569. The molecule has 4 nitrogen and oxygen atoms in total. The highest BCUT2D eigenvalue weighted by Crippen LogP contribution is 2.19. The minimum absolute atomic E-state index is 0.173. The summed E-state index contributed by atoms with van der Waals surface area (Å²) in [5, 5.41) is 14.4. The molecule has 0 bridgehead atoms. The fraction of sp³-hybridized carbons (Fsp3) is 0.312.